The number of hydrogen-bond acceptors (Lipinski definition) is 6. The highest BCUT2D eigenvalue weighted by atomic mass is 16.5. The molecule has 0 bridgehead atoms. The number of ether oxygens (including phenoxy) is 2. The molecule has 0 N–H and O–H groups in total. The van der Waals surface area contributed by atoms with E-state index in [-0.39, 0.29) is 12.5 Å². The second-order valence-electron chi connectivity index (χ2n) is 7.62. The Bertz CT molecular complexity index is 964. The molecule has 3 aromatic rings. The van der Waals surface area contributed by atoms with Gasteiger partial charge in [0.25, 0.3) is 5.91 Å². The fraction of sp³-hybridized carbons (Fsp3) is 0.333. The molecule has 4 rings (SSSR count). The SMILES string of the molecule is Cc1cc(CN2CCN(C(=O)COc3ccc(OCc4ccccc4)cc3)CC2)no1. The molecule has 0 aliphatic carbocycles. The molecule has 0 saturated carbocycles. The van der Waals surface area contributed by atoms with Crippen molar-refractivity contribution < 1.29 is 18.8 Å². The van der Waals surface area contributed by atoms with E-state index in [1.165, 1.54) is 0 Å². The molecule has 0 unspecified atom stereocenters. The fourth-order valence-corrected chi connectivity index (χ4v) is 3.49. The molecule has 1 aliphatic heterocycles. The number of hydrogen-bond donors (Lipinski definition) is 0. The minimum atomic E-state index is 0.00124. The number of carbonyl (C=O) groups excluding carboxylic acids is 1. The smallest absolute Gasteiger partial charge is 0.260 e. The minimum absolute atomic E-state index is 0.00124. The van der Waals surface area contributed by atoms with E-state index >= 15 is 0 Å². The van der Waals surface area contributed by atoms with Crippen molar-refractivity contribution in [3.63, 3.8) is 0 Å². The Morgan fingerprint density at radius 3 is 2.29 bits per heavy atom. The normalized spacial score (nSPS) is 14.4. The van der Waals surface area contributed by atoms with Gasteiger partial charge in [-0.1, -0.05) is 35.5 Å². The Balaban J connectivity index is 1.17. The molecule has 1 fully saturated rings. The van der Waals surface area contributed by atoms with Crippen molar-refractivity contribution in [2.75, 3.05) is 32.8 Å². The molecule has 2 heterocycles. The molecule has 7 nitrogen and oxygen atoms in total. The van der Waals surface area contributed by atoms with Gasteiger partial charge < -0.3 is 18.9 Å². The molecule has 1 saturated heterocycles. The summed E-state index contributed by atoms with van der Waals surface area (Å²) in [5, 5.41) is 4.03. The minimum Gasteiger partial charge on any atom is -0.489 e. The molecule has 1 aliphatic rings. The molecule has 0 atom stereocenters. The van der Waals surface area contributed by atoms with E-state index < -0.39 is 0 Å². The highest BCUT2D eigenvalue weighted by molar-refractivity contribution is 5.77. The molecule has 0 spiro atoms. The first-order valence-electron chi connectivity index (χ1n) is 10.5. The van der Waals surface area contributed by atoms with Crippen molar-refractivity contribution in [3.8, 4) is 11.5 Å². The second kappa shape index (κ2) is 10.1. The summed E-state index contributed by atoms with van der Waals surface area (Å²) in [6.45, 7) is 6.17. The molecule has 1 aromatic heterocycles. The van der Waals surface area contributed by atoms with Crippen LogP contribution in [0.3, 0.4) is 0 Å². The monoisotopic (exact) mass is 421 g/mol. The molecule has 162 valence electrons. The second-order valence-corrected chi connectivity index (χ2v) is 7.62. The van der Waals surface area contributed by atoms with Gasteiger partial charge in [-0.05, 0) is 36.8 Å². The Labute approximate surface area is 182 Å². The fourth-order valence-electron chi connectivity index (χ4n) is 3.49. The van der Waals surface area contributed by atoms with Gasteiger partial charge in [0.15, 0.2) is 6.61 Å². The zero-order valence-electron chi connectivity index (χ0n) is 17.7. The number of aryl methyl sites for hydroxylation is 1. The van der Waals surface area contributed by atoms with Gasteiger partial charge in [0.1, 0.15) is 23.9 Å². The topological polar surface area (TPSA) is 68.0 Å². The molecular formula is C24H27N3O4. The molecular weight excluding hydrogens is 394 g/mol. The van der Waals surface area contributed by atoms with Gasteiger partial charge in [-0.2, -0.15) is 0 Å². The van der Waals surface area contributed by atoms with Gasteiger partial charge >= 0.3 is 0 Å². The summed E-state index contributed by atoms with van der Waals surface area (Å²) in [4.78, 5) is 16.6. The van der Waals surface area contributed by atoms with E-state index in [1.807, 2.05) is 72.5 Å². The zero-order valence-corrected chi connectivity index (χ0v) is 17.7. The van der Waals surface area contributed by atoms with E-state index in [9.17, 15) is 4.79 Å². The van der Waals surface area contributed by atoms with Gasteiger partial charge in [-0.3, -0.25) is 9.69 Å². The van der Waals surface area contributed by atoms with E-state index in [4.69, 9.17) is 14.0 Å². The van der Waals surface area contributed by atoms with Crippen LogP contribution in [0, 0.1) is 6.92 Å². The molecule has 7 heteroatoms. The van der Waals surface area contributed by atoms with Crippen molar-refractivity contribution >= 4 is 5.91 Å². The lowest BCUT2D eigenvalue weighted by molar-refractivity contribution is -0.135. The third-order valence-electron chi connectivity index (χ3n) is 5.22. The number of aromatic nitrogens is 1. The van der Waals surface area contributed by atoms with Crippen molar-refractivity contribution in [2.24, 2.45) is 0 Å². The number of benzene rings is 2. The van der Waals surface area contributed by atoms with Crippen molar-refractivity contribution in [3.05, 3.63) is 77.7 Å². The Morgan fingerprint density at radius 1 is 0.968 bits per heavy atom. The van der Waals surface area contributed by atoms with Gasteiger partial charge in [-0.15, -0.1) is 0 Å². The van der Waals surface area contributed by atoms with E-state index in [2.05, 4.69) is 10.1 Å². The van der Waals surface area contributed by atoms with Gasteiger partial charge in [0, 0.05) is 38.8 Å². The van der Waals surface area contributed by atoms with Gasteiger partial charge in [0.2, 0.25) is 0 Å². The molecule has 1 amide bonds. The van der Waals surface area contributed by atoms with Crippen LogP contribution >= 0.6 is 0 Å². The van der Waals surface area contributed by atoms with Crippen LogP contribution in [0.5, 0.6) is 11.5 Å². The quantitative estimate of drug-likeness (QED) is 0.556. The standard InChI is InChI=1S/C24H27N3O4/c1-19-15-21(25-31-19)16-26-11-13-27(14-12-26)24(28)18-30-23-9-7-22(8-10-23)29-17-20-5-3-2-4-6-20/h2-10,15H,11-14,16-18H2,1H3. The van der Waals surface area contributed by atoms with Gasteiger partial charge in [-0.25, -0.2) is 0 Å². The van der Waals surface area contributed by atoms with E-state index in [0.29, 0.717) is 25.4 Å². The molecule has 0 radical (unpaired) electrons. The van der Waals surface area contributed by atoms with Crippen LogP contribution in [0.4, 0.5) is 0 Å². The number of piperazine rings is 1. The summed E-state index contributed by atoms with van der Waals surface area (Å²) >= 11 is 0. The number of carbonyl (C=O) groups is 1. The molecule has 31 heavy (non-hydrogen) atoms. The lowest BCUT2D eigenvalue weighted by Crippen LogP contribution is -2.49. The maximum absolute atomic E-state index is 12.5. The largest absolute Gasteiger partial charge is 0.489 e. The van der Waals surface area contributed by atoms with Crippen LogP contribution in [-0.2, 0) is 17.9 Å². The number of rotatable bonds is 8. The Kier molecular flexibility index (Phi) is 6.84. The molecule has 2 aromatic carbocycles. The highest BCUT2D eigenvalue weighted by Gasteiger charge is 2.22. The van der Waals surface area contributed by atoms with Crippen LogP contribution in [0.25, 0.3) is 0 Å². The predicted molar refractivity (Wildman–Crippen MR) is 116 cm³/mol. The third-order valence-corrected chi connectivity index (χ3v) is 5.22. The summed E-state index contributed by atoms with van der Waals surface area (Å²) in [6, 6.07) is 19.3. The van der Waals surface area contributed by atoms with Gasteiger partial charge in [0.05, 0.1) is 5.69 Å². The van der Waals surface area contributed by atoms with E-state index in [1.54, 1.807) is 0 Å². The highest BCUT2D eigenvalue weighted by Crippen LogP contribution is 2.19. The van der Waals surface area contributed by atoms with E-state index in [0.717, 1.165) is 42.4 Å². The number of amides is 1. The number of nitrogens with zero attached hydrogens (tertiary/aromatic N) is 3. The Hall–Kier alpha value is -3.32. The van der Waals surface area contributed by atoms with Crippen LogP contribution in [0.15, 0.2) is 65.2 Å². The maximum Gasteiger partial charge on any atom is 0.260 e. The van der Waals surface area contributed by atoms with Crippen LogP contribution < -0.4 is 9.47 Å². The van der Waals surface area contributed by atoms with Crippen molar-refractivity contribution in [1.82, 2.24) is 15.0 Å². The third kappa shape index (κ3) is 6.08. The summed E-state index contributed by atoms with van der Waals surface area (Å²) in [6.07, 6.45) is 0. The predicted octanol–water partition coefficient (Wildman–Crippen LogP) is 3.29. The summed E-state index contributed by atoms with van der Waals surface area (Å²) < 4.78 is 16.6. The average molecular weight is 421 g/mol. The van der Waals surface area contributed by atoms with Crippen molar-refractivity contribution in [2.45, 2.75) is 20.1 Å². The first-order chi connectivity index (χ1) is 15.2. The average Bonchev–Trinajstić information content (AvgIpc) is 3.22. The zero-order chi connectivity index (χ0) is 21.5. The van der Waals surface area contributed by atoms with Crippen LogP contribution in [-0.4, -0.2) is 53.6 Å². The summed E-state index contributed by atoms with van der Waals surface area (Å²) in [5.41, 5.74) is 2.04. The maximum atomic E-state index is 12.5. The van der Waals surface area contributed by atoms with Crippen LogP contribution in [0.1, 0.15) is 17.0 Å². The Morgan fingerprint density at radius 2 is 1.65 bits per heavy atom. The van der Waals surface area contributed by atoms with Crippen molar-refractivity contribution in [1.29, 1.82) is 0 Å². The van der Waals surface area contributed by atoms with Crippen LogP contribution in [0.2, 0.25) is 0 Å². The summed E-state index contributed by atoms with van der Waals surface area (Å²) in [7, 11) is 0. The summed E-state index contributed by atoms with van der Waals surface area (Å²) in [5.74, 6) is 2.24. The first kappa shape index (κ1) is 20.9. The lowest BCUT2D eigenvalue weighted by atomic mass is 10.2. The lowest BCUT2D eigenvalue weighted by Gasteiger charge is -2.34. The first-order valence-corrected chi connectivity index (χ1v) is 10.5.